The van der Waals surface area contributed by atoms with E-state index in [9.17, 15) is 9.59 Å². The lowest BCUT2D eigenvalue weighted by molar-refractivity contribution is -0.137. The van der Waals surface area contributed by atoms with Crippen LogP contribution >= 0.6 is 0 Å². The van der Waals surface area contributed by atoms with Gasteiger partial charge in [-0.25, -0.2) is 0 Å². The molecule has 7 nitrogen and oxygen atoms in total. The van der Waals surface area contributed by atoms with Crippen molar-refractivity contribution in [3.63, 3.8) is 0 Å². The fourth-order valence-corrected chi connectivity index (χ4v) is 2.79. The quantitative estimate of drug-likeness (QED) is 0.722. The van der Waals surface area contributed by atoms with E-state index in [1.165, 1.54) is 0 Å². The molecule has 0 saturated carbocycles. The van der Waals surface area contributed by atoms with Crippen molar-refractivity contribution in [2.45, 2.75) is 25.0 Å². The van der Waals surface area contributed by atoms with Crippen molar-refractivity contribution in [1.29, 1.82) is 0 Å². The Bertz CT molecular complexity index is 559. The van der Waals surface area contributed by atoms with Gasteiger partial charge in [-0.1, -0.05) is 0 Å². The third kappa shape index (κ3) is 4.69. The maximum Gasteiger partial charge on any atom is 0.305 e. The zero-order valence-electron chi connectivity index (χ0n) is 13.9. The Kier molecular flexibility index (Phi) is 6.57. The van der Waals surface area contributed by atoms with Gasteiger partial charge in [-0.15, -0.1) is 0 Å². The number of ether oxygens (including phenoxy) is 3. The summed E-state index contributed by atoms with van der Waals surface area (Å²) in [5, 5.41) is 9.04. The summed E-state index contributed by atoms with van der Waals surface area (Å²) in [6.45, 7) is 1.33. The van der Waals surface area contributed by atoms with Crippen LogP contribution in [0.15, 0.2) is 24.3 Å². The van der Waals surface area contributed by atoms with Gasteiger partial charge in [-0.05, 0) is 30.7 Å². The minimum Gasteiger partial charge on any atom is -0.491 e. The number of likely N-dealkylation sites (tertiary alicyclic amines) is 1. The number of carboxylic acid groups (broad SMARTS) is 1. The summed E-state index contributed by atoms with van der Waals surface area (Å²) < 4.78 is 15.7. The second-order valence-corrected chi connectivity index (χ2v) is 5.67. The highest BCUT2D eigenvalue weighted by Crippen LogP contribution is 2.25. The Morgan fingerprint density at radius 3 is 2.50 bits per heavy atom. The lowest BCUT2D eigenvalue weighted by Crippen LogP contribution is -2.37. The van der Waals surface area contributed by atoms with Crippen LogP contribution in [0.2, 0.25) is 0 Å². The fourth-order valence-electron chi connectivity index (χ4n) is 2.79. The van der Waals surface area contributed by atoms with E-state index in [2.05, 4.69) is 0 Å². The number of rotatable bonds is 8. The molecule has 1 fully saturated rings. The molecule has 0 aliphatic carbocycles. The Hall–Kier alpha value is -2.12. The van der Waals surface area contributed by atoms with Crippen LogP contribution in [0.3, 0.4) is 0 Å². The van der Waals surface area contributed by atoms with Crippen molar-refractivity contribution in [3.05, 3.63) is 29.8 Å². The van der Waals surface area contributed by atoms with Gasteiger partial charge in [0.15, 0.2) is 0 Å². The number of amides is 1. The van der Waals surface area contributed by atoms with E-state index in [4.69, 9.17) is 19.3 Å². The lowest BCUT2D eigenvalue weighted by Gasteiger charge is -2.23. The first-order valence-electron chi connectivity index (χ1n) is 7.82. The number of aliphatic carboxylic acids is 1. The Balaban J connectivity index is 2.04. The van der Waals surface area contributed by atoms with Crippen molar-refractivity contribution in [2.24, 2.45) is 0 Å². The molecule has 132 valence electrons. The van der Waals surface area contributed by atoms with Gasteiger partial charge in [0.2, 0.25) is 0 Å². The van der Waals surface area contributed by atoms with E-state index >= 15 is 0 Å². The van der Waals surface area contributed by atoms with E-state index in [-0.39, 0.29) is 24.5 Å². The third-order valence-electron chi connectivity index (χ3n) is 4.04. The Morgan fingerprint density at radius 2 is 1.92 bits per heavy atom. The number of hydrogen-bond donors (Lipinski definition) is 1. The molecule has 1 aromatic rings. The molecule has 0 bridgehead atoms. The van der Waals surface area contributed by atoms with Crippen LogP contribution < -0.4 is 4.74 Å². The second kappa shape index (κ2) is 8.65. The van der Waals surface area contributed by atoms with Crippen LogP contribution in [0.4, 0.5) is 0 Å². The highest BCUT2D eigenvalue weighted by molar-refractivity contribution is 5.95. The average Bonchev–Trinajstić information content (AvgIpc) is 2.97. The maximum atomic E-state index is 12.7. The largest absolute Gasteiger partial charge is 0.491 e. The van der Waals surface area contributed by atoms with Gasteiger partial charge in [0.05, 0.1) is 19.1 Å². The first-order valence-corrected chi connectivity index (χ1v) is 7.82. The standard InChI is InChI=1S/C17H23NO6/c1-22-7-8-24-14-5-3-12(4-6-14)17(21)18-11-15(23-2)9-13(18)10-16(19)20/h3-6,13,15H,7-11H2,1-2H3,(H,19,20). The van der Waals surface area contributed by atoms with Gasteiger partial charge < -0.3 is 24.2 Å². The predicted molar refractivity (Wildman–Crippen MR) is 86.3 cm³/mol. The highest BCUT2D eigenvalue weighted by Gasteiger charge is 2.36. The predicted octanol–water partition coefficient (Wildman–Crippen LogP) is 1.42. The monoisotopic (exact) mass is 337 g/mol. The topological polar surface area (TPSA) is 85.3 Å². The molecule has 2 unspecified atom stereocenters. The summed E-state index contributed by atoms with van der Waals surface area (Å²) in [6.07, 6.45) is 0.325. The SMILES string of the molecule is COCCOc1ccc(C(=O)N2CC(OC)CC2CC(=O)O)cc1. The molecular weight excluding hydrogens is 314 g/mol. The fraction of sp³-hybridized carbons (Fsp3) is 0.529. The molecular formula is C17H23NO6. The molecule has 1 aliphatic heterocycles. The molecule has 0 radical (unpaired) electrons. The molecule has 24 heavy (non-hydrogen) atoms. The van der Waals surface area contributed by atoms with Gasteiger partial charge in [0, 0.05) is 32.4 Å². The van der Waals surface area contributed by atoms with Crippen LogP contribution in [0.1, 0.15) is 23.2 Å². The first-order chi connectivity index (χ1) is 11.5. The number of nitrogens with zero attached hydrogens (tertiary/aromatic N) is 1. The molecule has 1 saturated heterocycles. The normalized spacial score (nSPS) is 20.2. The molecule has 2 rings (SSSR count). The minimum absolute atomic E-state index is 0.0796. The molecule has 2 atom stereocenters. The Morgan fingerprint density at radius 1 is 1.21 bits per heavy atom. The zero-order valence-corrected chi connectivity index (χ0v) is 13.9. The van der Waals surface area contributed by atoms with Crippen molar-refractivity contribution in [2.75, 3.05) is 34.0 Å². The van der Waals surface area contributed by atoms with Gasteiger partial charge in [0.1, 0.15) is 12.4 Å². The number of benzene rings is 1. The van der Waals surface area contributed by atoms with Gasteiger partial charge in [0.25, 0.3) is 5.91 Å². The van der Waals surface area contributed by atoms with Crippen molar-refractivity contribution in [3.8, 4) is 5.75 Å². The van der Waals surface area contributed by atoms with Crippen LogP contribution in [0.25, 0.3) is 0 Å². The lowest BCUT2D eigenvalue weighted by atomic mass is 10.1. The van der Waals surface area contributed by atoms with Crippen molar-refractivity contribution in [1.82, 2.24) is 4.90 Å². The molecule has 1 heterocycles. The van der Waals surface area contributed by atoms with E-state index in [0.29, 0.717) is 37.5 Å². The maximum absolute atomic E-state index is 12.7. The summed E-state index contributed by atoms with van der Waals surface area (Å²) >= 11 is 0. The van der Waals surface area contributed by atoms with E-state index in [1.54, 1.807) is 43.4 Å². The molecule has 1 aromatic carbocycles. The Labute approximate surface area is 141 Å². The van der Waals surface area contributed by atoms with Gasteiger partial charge >= 0.3 is 5.97 Å². The average molecular weight is 337 g/mol. The van der Waals surface area contributed by atoms with Crippen molar-refractivity contribution < 1.29 is 28.9 Å². The highest BCUT2D eigenvalue weighted by atomic mass is 16.5. The third-order valence-corrected chi connectivity index (χ3v) is 4.04. The summed E-state index contributed by atoms with van der Waals surface area (Å²) in [6, 6.07) is 6.46. The van der Waals surface area contributed by atoms with Crippen LogP contribution in [-0.2, 0) is 14.3 Å². The molecule has 0 aromatic heterocycles. The molecule has 0 spiro atoms. The molecule has 1 amide bonds. The molecule has 1 N–H and O–H groups in total. The van der Waals surface area contributed by atoms with Crippen LogP contribution in [-0.4, -0.2) is 68.0 Å². The van der Waals surface area contributed by atoms with E-state index in [1.807, 2.05) is 0 Å². The van der Waals surface area contributed by atoms with Gasteiger partial charge in [-0.2, -0.15) is 0 Å². The number of methoxy groups -OCH3 is 2. The summed E-state index contributed by atoms with van der Waals surface area (Å²) in [4.78, 5) is 25.3. The smallest absolute Gasteiger partial charge is 0.305 e. The minimum atomic E-state index is -0.920. The van der Waals surface area contributed by atoms with E-state index in [0.717, 1.165) is 0 Å². The summed E-state index contributed by atoms with van der Waals surface area (Å²) in [5.74, 6) is -0.456. The van der Waals surface area contributed by atoms with Crippen LogP contribution in [0.5, 0.6) is 5.75 Å². The van der Waals surface area contributed by atoms with Crippen molar-refractivity contribution >= 4 is 11.9 Å². The second-order valence-electron chi connectivity index (χ2n) is 5.67. The summed E-state index contributed by atoms with van der Waals surface area (Å²) in [5.41, 5.74) is 0.501. The van der Waals surface area contributed by atoms with Gasteiger partial charge in [-0.3, -0.25) is 9.59 Å². The van der Waals surface area contributed by atoms with Crippen LogP contribution in [0, 0.1) is 0 Å². The molecule has 1 aliphatic rings. The summed E-state index contributed by atoms with van der Waals surface area (Å²) in [7, 11) is 3.17. The zero-order chi connectivity index (χ0) is 17.5. The number of carbonyl (C=O) groups excluding carboxylic acids is 1. The van der Waals surface area contributed by atoms with E-state index < -0.39 is 5.97 Å². The number of carbonyl (C=O) groups is 2. The number of carboxylic acids is 1. The first kappa shape index (κ1) is 18.2. The number of hydrogen-bond acceptors (Lipinski definition) is 5. The molecule has 7 heteroatoms.